The highest BCUT2D eigenvalue weighted by Gasteiger charge is 2.29. The summed E-state index contributed by atoms with van der Waals surface area (Å²) in [6.45, 7) is 7.21. The smallest absolute Gasteiger partial charge is 0.215 e. The van der Waals surface area contributed by atoms with E-state index in [9.17, 15) is 8.42 Å². The molecule has 0 spiro atoms. The van der Waals surface area contributed by atoms with Crippen molar-refractivity contribution in [2.24, 2.45) is 0 Å². The fourth-order valence-electron chi connectivity index (χ4n) is 2.42. The number of piperazine rings is 1. The molecule has 1 unspecified atom stereocenters. The zero-order chi connectivity index (χ0) is 13.0. The molecule has 2 heterocycles. The molecule has 2 fully saturated rings. The number of thioether (sulfide) groups is 1. The van der Waals surface area contributed by atoms with Crippen LogP contribution in [0, 0.1) is 0 Å². The van der Waals surface area contributed by atoms with Crippen LogP contribution in [0.1, 0.15) is 6.92 Å². The summed E-state index contributed by atoms with van der Waals surface area (Å²) in [7, 11) is -3.07. The normalized spacial score (nSPS) is 28.4. The fraction of sp³-hybridized carbons (Fsp3) is 1.00. The lowest BCUT2D eigenvalue weighted by atomic mass is 10.4. The second-order valence-corrected chi connectivity index (χ2v) is 8.13. The van der Waals surface area contributed by atoms with E-state index in [2.05, 4.69) is 10.2 Å². The summed E-state index contributed by atoms with van der Waals surface area (Å²) in [6.07, 6.45) is 0. The molecule has 2 aliphatic rings. The molecule has 0 radical (unpaired) electrons. The molecule has 0 amide bonds. The standard InChI is InChI=1S/C11H23N3O2S2/c1-11-10-17-8-6-14(11)18(15,16)9-7-13-4-2-12-3-5-13/h11-12H,2-10H2,1H3. The van der Waals surface area contributed by atoms with Crippen molar-refractivity contribution in [2.45, 2.75) is 13.0 Å². The van der Waals surface area contributed by atoms with Crippen LogP contribution >= 0.6 is 11.8 Å². The summed E-state index contributed by atoms with van der Waals surface area (Å²) >= 11 is 1.84. The summed E-state index contributed by atoms with van der Waals surface area (Å²) in [5.41, 5.74) is 0. The number of nitrogens with one attached hydrogen (secondary N) is 1. The molecular formula is C11H23N3O2S2. The van der Waals surface area contributed by atoms with E-state index >= 15 is 0 Å². The van der Waals surface area contributed by atoms with Crippen LogP contribution in [0.4, 0.5) is 0 Å². The van der Waals surface area contributed by atoms with Gasteiger partial charge in [0, 0.05) is 56.8 Å². The lowest BCUT2D eigenvalue weighted by Gasteiger charge is -2.33. The van der Waals surface area contributed by atoms with Crippen molar-refractivity contribution in [2.75, 3.05) is 56.5 Å². The molecular weight excluding hydrogens is 270 g/mol. The zero-order valence-electron chi connectivity index (χ0n) is 11.0. The van der Waals surface area contributed by atoms with Gasteiger partial charge in [-0.05, 0) is 6.92 Å². The SMILES string of the molecule is CC1CSCCN1S(=O)(=O)CCN1CCNCC1. The first-order valence-corrected chi connectivity index (χ1v) is 9.36. The maximum absolute atomic E-state index is 12.3. The quantitative estimate of drug-likeness (QED) is 0.768. The Kier molecular flexibility index (Phi) is 5.32. The number of sulfonamides is 1. The molecule has 0 saturated carbocycles. The van der Waals surface area contributed by atoms with Gasteiger partial charge < -0.3 is 5.32 Å². The molecule has 0 aromatic carbocycles. The van der Waals surface area contributed by atoms with E-state index in [0.717, 1.165) is 37.7 Å². The maximum Gasteiger partial charge on any atom is 0.215 e. The van der Waals surface area contributed by atoms with Gasteiger partial charge >= 0.3 is 0 Å². The first-order chi connectivity index (χ1) is 8.59. The second kappa shape index (κ2) is 6.56. The topological polar surface area (TPSA) is 52.7 Å². The predicted octanol–water partition coefficient (Wildman–Crippen LogP) is -0.341. The average Bonchev–Trinajstić information content (AvgIpc) is 2.38. The lowest BCUT2D eigenvalue weighted by molar-refractivity contribution is 0.251. The van der Waals surface area contributed by atoms with E-state index in [1.54, 1.807) is 4.31 Å². The first kappa shape index (κ1) is 14.6. The molecule has 0 bridgehead atoms. The van der Waals surface area contributed by atoms with Crippen LogP contribution in [-0.2, 0) is 10.0 Å². The maximum atomic E-state index is 12.3. The summed E-state index contributed by atoms with van der Waals surface area (Å²) < 4.78 is 26.3. The Morgan fingerprint density at radius 2 is 2.00 bits per heavy atom. The lowest BCUT2D eigenvalue weighted by Crippen LogP contribution is -2.49. The fourth-order valence-corrected chi connectivity index (χ4v) is 5.36. The third kappa shape index (κ3) is 3.84. The van der Waals surface area contributed by atoms with Crippen molar-refractivity contribution >= 4 is 21.8 Å². The second-order valence-electron chi connectivity index (χ2n) is 4.94. The molecule has 106 valence electrons. The molecule has 2 aliphatic heterocycles. The van der Waals surface area contributed by atoms with Gasteiger partial charge in [-0.3, -0.25) is 4.90 Å². The van der Waals surface area contributed by atoms with Crippen LogP contribution in [0.2, 0.25) is 0 Å². The van der Waals surface area contributed by atoms with Crippen molar-refractivity contribution in [3.05, 3.63) is 0 Å². The Morgan fingerprint density at radius 1 is 1.28 bits per heavy atom. The molecule has 18 heavy (non-hydrogen) atoms. The minimum atomic E-state index is -3.07. The van der Waals surface area contributed by atoms with Gasteiger partial charge in [-0.25, -0.2) is 8.42 Å². The number of hydrogen-bond acceptors (Lipinski definition) is 5. The van der Waals surface area contributed by atoms with Crippen molar-refractivity contribution in [1.29, 1.82) is 0 Å². The molecule has 1 N–H and O–H groups in total. The number of rotatable bonds is 4. The van der Waals surface area contributed by atoms with Crippen molar-refractivity contribution in [1.82, 2.24) is 14.5 Å². The van der Waals surface area contributed by atoms with Crippen LogP contribution in [0.5, 0.6) is 0 Å². The van der Waals surface area contributed by atoms with Crippen LogP contribution in [0.15, 0.2) is 0 Å². The van der Waals surface area contributed by atoms with E-state index in [0.29, 0.717) is 13.1 Å². The van der Waals surface area contributed by atoms with Gasteiger partial charge in [0.05, 0.1) is 5.75 Å². The Bertz CT molecular complexity index is 355. The first-order valence-electron chi connectivity index (χ1n) is 6.60. The average molecular weight is 293 g/mol. The van der Waals surface area contributed by atoms with Gasteiger partial charge in [0.15, 0.2) is 0 Å². The molecule has 5 nitrogen and oxygen atoms in total. The third-order valence-electron chi connectivity index (χ3n) is 3.54. The number of nitrogens with zero attached hydrogens (tertiary/aromatic N) is 2. The minimum Gasteiger partial charge on any atom is -0.314 e. The van der Waals surface area contributed by atoms with E-state index in [-0.39, 0.29) is 11.8 Å². The van der Waals surface area contributed by atoms with Gasteiger partial charge in [-0.1, -0.05) is 0 Å². The van der Waals surface area contributed by atoms with Gasteiger partial charge in [0.1, 0.15) is 0 Å². The highest BCUT2D eigenvalue weighted by atomic mass is 32.2. The molecule has 2 saturated heterocycles. The molecule has 0 aromatic rings. The third-order valence-corrected chi connectivity index (χ3v) is 6.68. The van der Waals surface area contributed by atoms with E-state index in [4.69, 9.17) is 0 Å². The van der Waals surface area contributed by atoms with Gasteiger partial charge in [-0.15, -0.1) is 0 Å². The predicted molar refractivity (Wildman–Crippen MR) is 76.6 cm³/mol. The Morgan fingerprint density at radius 3 is 2.67 bits per heavy atom. The monoisotopic (exact) mass is 293 g/mol. The Labute approximate surface area is 114 Å². The number of hydrogen-bond donors (Lipinski definition) is 1. The van der Waals surface area contributed by atoms with Crippen molar-refractivity contribution in [3.63, 3.8) is 0 Å². The zero-order valence-corrected chi connectivity index (χ0v) is 12.6. The van der Waals surface area contributed by atoms with E-state index < -0.39 is 10.0 Å². The molecule has 2 rings (SSSR count). The van der Waals surface area contributed by atoms with Crippen molar-refractivity contribution < 1.29 is 8.42 Å². The molecule has 0 aromatic heterocycles. The summed E-state index contributed by atoms with van der Waals surface area (Å²) in [6, 6.07) is 0.150. The molecule has 7 heteroatoms. The molecule has 1 atom stereocenters. The summed E-state index contributed by atoms with van der Waals surface area (Å²) in [5.74, 6) is 2.12. The van der Waals surface area contributed by atoms with Crippen LogP contribution < -0.4 is 5.32 Å². The summed E-state index contributed by atoms with van der Waals surface area (Å²) in [4.78, 5) is 2.23. The van der Waals surface area contributed by atoms with Gasteiger partial charge in [0.2, 0.25) is 10.0 Å². The van der Waals surface area contributed by atoms with Gasteiger partial charge in [-0.2, -0.15) is 16.1 Å². The minimum absolute atomic E-state index is 0.150. The van der Waals surface area contributed by atoms with E-state index in [1.807, 2.05) is 18.7 Å². The van der Waals surface area contributed by atoms with Crippen molar-refractivity contribution in [3.8, 4) is 0 Å². The Hall–Kier alpha value is 0.180. The van der Waals surface area contributed by atoms with Crippen LogP contribution in [-0.4, -0.2) is 80.2 Å². The van der Waals surface area contributed by atoms with Gasteiger partial charge in [0.25, 0.3) is 0 Å². The van der Waals surface area contributed by atoms with Crippen LogP contribution in [0.3, 0.4) is 0 Å². The Balaban J connectivity index is 1.85. The largest absolute Gasteiger partial charge is 0.314 e. The summed E-state index contributed by atoms with van der Waals surface area (Å²) in [5, 5.41) is 3.28. The highest BCUT2D eigenvalue weighted by molar-refractivity contribution is 7.99. The van der Waals surface area contributed by atoms with E-state index in [1.165, 1.54) is 0 Å². The van der Waals surface area contributed by atoms with Crippen LogP contribution in [0.25, 0.3) is 0 Å². The highest BCUT2D eigenvalue weighted by Crippen LogP contribution is 2.19. The molecule has 0 aliphatic carbocycles.